The highest BCUT2D eigenvalue weighted by Gasteiger charge is 2.22. The second-order valence-corrected chi connectivity index (χ2v) is 5.22. The van der Waals surface area contributed by atoms with Crippen molar-refractivity contribution in [2.24, 2.45) is 0 Å². The summed E-state index contributed by atoms with van der Waals surface area (Å²) in [4.78, 5) is 0. The summed E-state index contributed by atoms with van der Waals surface area (Å²) in [5.41, 5.74) is 2.88. The third kappa shape index (κ3) is 4.11. The van der Waals surface area contributed by atoms with Crippen LogP contribution in [0.4, 0.5) is 0 Å². The van der Waals surface area contributed by atoms with Crippen molar-refractivity contribution in [1.29, 1.82) is 0 Å². The molecule has 0 amide bonds. The lowest BCUT2D eigenvalue weighted by molar-refractivity contribution is 0.139. The number of nitrogens with one attached hydrogen (secondary N) is 1. The topological polar surface area (TPSA) is 21.3 Å². The number of aryl methyl sites for hydroxylation is 1. The van der Waals surface area contributed by atoms with Crippen LogP contribution in [0.2, 0.25) is 0 Å². The highest BCUT2D eigenvalue weighted by atomic mass is 16.5. The molecule has 1 aliphatic rings. The Balaban J connectivity index is 1.95. The van der Waals surface area contributed by atoms with Gasteiger partial charge in [0.05, 0.1) is 0 Å². The predicted molar refractivity (Wildman–Crippen MR) is 76.1 cm³/mol. The fraction of sp³-hybridized carbons (Fsp3) is 0.625. The van der Waals surface area contributed by atoms with E-state index in [9.17, 15) is 0 Å². The molecule has 2 nitrogen and oxygen atoms in total. The molecule has 1 aliphatic carbocycles. The van der Waals surface area contributed by atoms with Gasteiger partial charge in [0, 0.05) is 25.8 Å². The van der Waals surface area contributed by atoms with Gasteiger partial charge in [-0.15, -0.1) is 0 Å². The zero-order valence-corrected chi connectivity index (χ0v) is 11.6. The monoisotopic (exact) mass is 247 g/mol. The molecule has 2 heteroatoms. The number of hydrogen-bond acceptors (Lipinski definition) is 2. The van der Waals surface area contributed by atoms with Crippen molar-refractivity contribution >= 4 is 0 Å². The Labute approximate surface area is 111 Å². The third-order valence-corrected chi connectivity index (χ3v) is 3.67. The van der Waals surface area contributed by atoms with Crippen LogP contribution in [0.1, 0.15) is 43.2 Å². The molecule has 0 saturated heterocycles. The number of ether oxygens (including phenoxy) is 1. The Morgan fingerprint density at radius 3 is 2.78 bits per heavy atom. The van der Waals surface area contributed by atoms with Crippen LogP contribution in [-0.4, -0.2) is 25.8 Å². The van der Waals surface area contributed by atoms with Crippen LogP contribution in [0.15, 0.2) is 24.3 Å². The molecule has 1 fully saturated rings. The van der Waals surface area contributed by atoms with E-state index in [0.29, 0.717) is 5.92 Å². The van der Waals surface area contributed by atoms with Crippen molar-refractivity contribution in [3.63, 3.8) is 0 Å². The lowest BCUT2D eigenvalue weighted by atomic mass is 9.92. The minimum Gasteiger partial charge on any atom is -0.382 e. The Kier molecular flexibility index (Phi) is 5.21. The van der Waals surface area contributed by atoms with Gasteiger partial charge in [0.15, 0.2) is 0 Å². The molecule has 0 bridgehead atoms. The van der Waals surface area contributed by atoms with Gasteiger partial charge in [-0.2, -0.15) is 0 Å². The molecule has 0 heterocycles. The van der Waals surface area contributed by atoms with Gasteiger partial charge in [0.25, 0.3) is 0 Å². The first kappa shape index (κ1) is 13.6. The number of benzene rings is 1. The zero-order valence-electron chi connectivity index (χ0n) is 11.6. The van der Waals surface area contributed by atoms with Crippen molar-refractivity contribution in [2.75, 3.05) is 19.8 Å². The average molecular weight is 247 g/mol. The fourth-order valence-electron chi connectivity index (χ4n) is 2.38. The molecule has 1 N–H and O–H groups in total. The summed E-state index contributed by atoms with van der Waals surface area (Å²) in [6, 6.07) is 9.52. The Hall–Kier alpha value is -0.860. The SMILES string of the molecule is CCOCCC(CNC1CC1)c1ccccc1C. The standard InChI is InChI=1S/C16H25NO/c1-3-18-11-10-14(12-17-15-8-9-15)16-7-5-4-6-13(16)2/h4-7,14-15,17H,3,8-12H2,1-2H3. The van der Waals surface area contributed by atoms with Crippen molar-refractivity contribution in [3.8, 4) is 0 Å². The van der Waals surface area contributed by atoms with Crippen LogP contribution in [0.25, 0.3) is 0 Å². The van der Waals surface area contributed by atoms with E-state index in [2.05, 4.69) is 43.4 Å². The molecule has 1 aromatic carbocycles. The maximum absolute atomic E-state index is 5.52. The van der Waals surface area contributed by atoms with E-state index in [4.69, 9.17) is 4.74 Å². The van der Waals surface area contributed by atoms with Crippen LogP contribution in [0.5, 0.6) is 0 Å². The van der Waals surface area contributed by atoms with Crippen molar-refractivity contribution in [2.45, 2.75) is 45.1 Å². The van der Waals surface area contributed by atoms with E-state index >= 15 is 0 Å². The van der Waals surface area contributed by atoms with E-state index in [1.165, 1.54) is 24.0 Å². The minimum atomic E-state index is 0.582. The molecule has 0 aliphatic heterocycles. The summed E-state index contributed by atoms with van der Waals surface area (Å²) in [7, 11) is 0. The van der Waals surface area contributed by atoms with E-state index in [1.54, 1.807) is 0 Å². The second kappa shape index (κ2) is 6.91. The molecule has 1 atom stereocenters. The van der Waals surface area contributed by atoms with Gasteiger partial charge in [-0.3, -0.25) is 0 Å². The van der Waals surface area contributed by atoms with E-state index < -0.39 is 0 Å². The Bertz CT molecular complexity index is 360. The van der Waals surface area contributed by atoms with Crippen molar-refractivity contribution in [1.82, 2.24) is 5.32 Å². The molecule has 1 aromatic rings. The first-order valence-corrected chi connectivity index (χ1v) is 7.18. The fourth-order valence-corrected chi connectivity index (χ4v) is 2.38. The van der Waals surface area contributed by atoms with Crippen LogP contribution in [0.3, 0.4) is 0 Å². The van der Waals surface area contributed by atoms with Gasteiger partial charge in [0.2, 0.25) is 0 Å². The maximum atomic E-state index is 5.52. The van der Waals surface area contributed by atoms with Gasteiger partial charge in [-0.25, -0.2) is 0 Å². The Morgan fingerprint density at radius 2 is 2.11 bits per heavy atom. The van der Waals surface area contributed by atoms with E-state index in [1.807, 2.05) is 0 Å². The lowest BCUT2D eigenvalue weighted by Crippen LogP contribution is -2.25. The molecule has 1 unspecified atom stereocenters. The molecule has 2 rings (SSSR count). The summed E-state index contributed by atoms with van der Waals surface area (Å²) in [6.45, 7) is 7.03. The smallest absolute Gasteiger partial charge is 0.0472 e. The highest BCUT2D eigenvalue weighted by molar-refractivity contribution is 5.29. The van der Waals surface area contributed by atoms with Crippen molar-refractivity contribution < 1.29 is 4.74 Å². The molecule has 0 radical (unpaired) electrons. The molecular formula is C16H25NO. The van der Waals surface area contributed by atoms with Gasteiger partial charge < -0.3 is 10.1 Å². The maximum Gasteiger partial charge on any atom is 0.0472 e. The highest BCUT2D eigenvalue weighted by Crippen LogP contribution is 2.25. The van der Waals surface area contributed by atoms with E-state index in [0.717, 1.165) is 32.2 Å². The van der Waals surface area contributed by atoms with Gasteiger partial charge in [0.1, 0.15) is 0 Å². The lowest BCUT2D eigenvalue weighted by Gasteiger charge is -2.20. The van der Waals surface area contributed by atoms with Crippen LogP contribution >= 0.6 is 0 Å². The van der Waals surface area contributed by atoms with Gasteiger partial charge >= 0.3 is 0 Å². The normalized spacial score (nSPS) is 16.8. The first-order valence-electron chi connectivity index (χ1n) is 7.18. The van der Waals surface area contributed by atoms with Crippen LogP contribution in [0, 0.1) is 6.92 Å². The molecule has 0 aromatic heterocycles. The summed E-state index contributed by atoms with van der Waals surface area (Å²) in [6.07, 6.45) is 3.82. The number of hydrogen-bond donors (Lipinski definition) is 1. The average Bonchev–Trinajstić information content (AvgIpc) is 3.19. The summed E-state index contributed by atoms with van der Waals surface area (Å²) >= 11 is 0. The third-order valence-electron chi connectivity index (χ3n) is 3.67. The van der Waals surface area contributed by atoms with Crippen molar-refractivity contribution in [3.05, 3.63) is 35.4 Å². The Morgan fingerprint density at radius 1 is 1.33 bits per heavy atom. The van der Waals surface area contributed by atoms with Gasteiger partial charge in [-0.1, -0.05) is 24.3 Å². The molecule has 100 valence electrons. The molecule has 18 heavy (non-hydrogen) atoms. The minimum absolute atomic E-state index is 0.582. The molecular weight excluding hydrogens is 222 g/mol. The summed E-state index contributed by atoms with van der Waals surface area (Å²) < 4.78 is 5.52. The zero-order chi connectivity index (χ0) is 12.8. The van der Waals surface area contributed by atoms with Crippen LogP contribution < -0.4 is 5.32 Å². The molecule has 1 saturated carbocycles. The van der Waals surface area contributed by atoms with Gasteiger partial charge in [-0.05, 0) is 50.2 Å². The summed E-state index contributed by atoms with van der Waals surface area (Å²) in [5.74, 6) is 0.582. The first-order chi connectivity index (χ1) is 8.81. The molecule has 0 spiro atoms. The van der Waals surface area contributed by atoms with Crippen LogP contribution in [-0.2, 0) is 4.74 Å². The van der Waals surface area contributed by atoms with E-state index in [-0.39, 0.29) is 0 Å². The summed E-state index contributed by atoms with van der Waals surface area (Å²) in [5, 5.41) is 3.65. The second-order valence-electron chi connectivity index (χ2n) is 5.22. The predicted octanol–water partition coefficient (Wildman–Crippen LogP) is 3.26. The number of rotatable bonds is 8. The quantitative estimate of drug-likeness (QED) is 0.712. The largest absolute Gasteiger partial charge is 0.382 e.